The van der Waals surface area contributed by atoms with Gasteiger partial charge in [-0.05, 0) is 18.9 Å². The van der Waals surface area contributed by atoms with E-state index in [0.29, 0.717) is 45.1 Å². The molecule has 0 aromatic carbocycles. The number of carbonyl (C=O) groups is 2. The standard InChI is InChI=1S/C19H22F3N5O2/c1-2-14(28)25-5-7-26(8-6-25)16-15(23-3-4-24-16)17(29)27-11-18(12-27)9-13(10-18)19(20,21)22/h2-4,13H,1,5-12H2. The second-order valence-electron chi connectivity index (χ2n) is 8.05. The third kappa shape index (κ3) is 3.56. The number of aromatic nitrogens is 2. The van der Waals surface area contributed by atoms with Crippen molar-refractivity contribution in [2.45, 2.75) is 19.0 Å². The first-order valence-corrected chi connectivity index (χ1v) is 9.56. The lowest BCUT2D eigenvalue weighted by Gasteiger charge is -2.59. The average molecular weight is 409 g/mol. The smallest absolute Gasteiger partial charge is 0.351 e. The van der Waals surface area contributed by atoms with Gasteiger partial charge in [0.25, 0.3) is 5.91 Å². The average Bonchev–Trinajstić information content (AvgIpc) is 2.64. The van der Waals surface area contributed by atoms with Gasteiger partial charge in [-0.1, -0.05) is 6.58 Å². The predicted octanol–water partition coefficient (Wildman–Crippen LogP) is 1.73. The fourth-order valence-electron chi connectivity index (χ4n) is 4.51. The lowest BCUT2D eigenvalue weighted by Crippen LogP contribution is -2.65. The Bertz CT molecular complexity index is 821. The van der Waals surface area contributed by atoms with Gasteiger partial charge in [0.1, 0.15) is 0 Å². The summed E-state index contributed by atoms with van der Waals surface area (Å²) in [5, 5.41) is 0. The Hall–Kier alpha value is -2.65. The van der Waals surface area contributed by atoms with Crippen molar-refractivity contribution in [3.05, 3.63) is 30.7 Å². The fourth-order valence-corrected chi connectivity index (χ4v) is 4.51. The summed E-state index contributed by atoms with van der Waals surface area (Å²) < 4.78 is 38.2. The molecule has 3 fully saturated rings. The third-order valence-electron chi connectivity index (χ3n) is 6.11. The Kier molecular flexibility index (Phi) is 4.74. The lowest BCUT2D eigenvalue weighted by molar-refractivity contribution is -0.238. The zero-order chi connectivity index (χ0) is 20.8. The van der Waals surface area contributed by atoms with Crippen molar-refractivity contribution in [3.63, 3.8) is 0 Å². The number of nitrogens with zero attached hydrogens (tertiary/aromatic N) is 5. The first kappa shape index (κ1) is 19.7. The molecule has 0 radical (unpaired) electrons. The molecule has 1 saturated carbocycles. The third-order valence-corrected chi connectivity index (χ3v) is 6.11. The van der Waals surface area contributed by atoms with E-state index in [1.165, 1.54) is 18.5 Å². The largest absolute Gasteiger partial charge is 0.391 e. The number of rotatable bonds is 3. The van der Waals surface area contributed by atoms with Crippen LogP contribution in [-0.2, 0) is 4.79 Å². The van der Waals surface area contributed by atoms with Gasteiger partial charge >= 0.3 is 6.18 Å². The molecular formula is C19H22F3N5O2. The molecule has 4 rings (SSSR count). The van der Waals surface area contributed by atoms with E-state index in [1.807, 2.05) is 4.90 Å². The number of hydrogen-bond donors (Lipinski definition) is 0. The SMILES string of the molecule is C=CC(=O)N1CCN(c2nccnc2C(=O)N2CC3(CC(C(F)(F)F)C3)C2)CC1. The molecule has 29 heavy (non-hydrogen) atoms. The molecule has 1 spiro atoms. The van der Waals surface area contributed by atoms with Gasteiger partial charge in [0.2, 0.25) is 5.91 Å². The highest BCUT2D eigenvalue weighted by Crippen LogP contribution is 2.57. The van der Waals surface area contributed by atoms with Crippen molar-refractivity contribution in [3.8, 4) is 0 Å². The first-order valence-electron chi connectivity index (χ1n) is 9.56. The summed E-state index contributed by atoms with van der Waals surface area (Å²) in [5.41, 5.74) is -0.188. The highest BCUT2D eigenvalue weighted by molar-refractivity contribution is 5.97. The van der Waals surface area contributed by atoms with Crippen molar-refractivity contribution in [1.82, 2.24) is 19.8 Å². The van der Waals surface area contributed by atoms with Crippen LogP contribution in [0.2, 0.25) is 0 Å². The summed E-state index contributed by atoms with van der Waals surface area (Å²) in [6.45, 7) is 6.14. The molecule has 156 valence electrons. The molecule has 2 saturated heterocycles. The molecule has 10 heteroatoms. The van der Waals surface area contributed by atoms with Crippen molar-refractivity contribution >= 4 is 17.6 Å². The minimum absolute atomic E-state index is 0.0902. The summed E-state index contributed by atoms with van der Waals surface area (Å²) in [5.74, 6) is -1.24. The van der Waals surface area contributed by atoms with Crippen LogP contribution >= 0.6 is 0 Å². The van der Waals surface area contributed by atoms with E-state index in [1.54, 1.807) is 9.80 Å². The summed E-state index contributed by atoms with van der Waals surface area (Å²) in [7, 11) is 0. The van der Waals surface area contributed by atoms with Gasteiger partial charge in [-0.2, -0.15) is 13.2 Å². The van der Waals surface area contributed by atoms with E-state index in [9.17, 15) is 22.8 Å². The van der Waals surface area contributed by atoms with E-state index in [-0.39, 0.29) is 30.3 Å². The molecule has 2 aliphatic heterocycles. The highest BCUT2D eigenvalue weighted by Gasteiger charge is 2.61. The molecule has 2 amide bonds. The molecule has 0 unspecified atom stereocenters. The van der Waals surface area contributed by atoms with Crippen molar-refractivity contribution in [2.75, 3.05) is 44.2 Å². The molecule has 3 aliphatic rings. The minimum atomic E-state index is -4.15. The lowest BCUT2D eigenvalue weighted by atomic mass is 9.57. The number of likely N-dealkylation sites (tertiary alicyclic amines) is 1. The van der Waals surface area contributed by atoms with Crippen LogP contribution in [0.15, 0.2) is 25.0 Å². The monoisotopic (exact) mass is 409 g/mol. The first-order chi connectivity index (χ1) is 13.7. The van der Waals surface area contributed by atoms with Crippen molar-refractivity contribution in [1.29, 1.82) is 0 Å². The second kappa shape index (κ2) is 7.00. The van der Waals surface area contributed by atoms with Crippen molar-refractivity contribution in [2.24, 2.45) is 11.3 Å². The number of piperazine rings is 1. The zero-order valence-corrected chi connectivity index (χ0v) is 15.9. The Morgan fingerprint density at radius 2 is 1.69 bits per heavy atom. The van der Waals surface area contributed by atoms with Crippen LogP contribution in [0.25, 0.3) is 0 Å². The summed E-state index contributed by atoms with van der Waals surface area (Å²) >= 11 is 0. The van der Waals surface area contributed by atoms with Gasteiger partial charge in [-0.15, -0.1) is 0 Å². The fraction of sp³-hybridized carbons (Fsp3) is 0.579. The molecule has 1 aliphatic carbocycles. The number of halogens is 3. The zero-order valence-electron chi connectivity index (χ0n) is 15.9. The van der Waals surface area contributed by atoms with Gasteiger partial charge in [0.15, 0.2) is 11.5 Å². The van der Waals surface area contributed by atoms with Crippen LogP contribution in [0.5, 0.6) is 0 Å². The molecule has 0 atom stereocenters. The van der Waals surface area contributed by atoms with Gasteiger partial charge < -0.3 is 14.7 Å². The number of amides is 2. The van der Waals surface area contributed by atoms with Gasteiger partial charge in [-0.3, -0.25) is 9.59 Å². The van der Waals surface area contributed by atoms with Crippen molar-refractivity contribution < 1.29 is 22.8 Å². The Labute approximate surface area is 166 Å². The summed E-state index contributed by atoms with van der Waals surface area (Å²) in [4.78, 5) is 38.3. The maximum absolute atomic E-state index is 12.9. The maximum atomic E-state index is 12.9. The maximum Gasteiger partial charge on any atom is 0.391 e. The molecule has 7 nitrogen and oxygen atoms in total. The van der Waals surface area contributed by atoms with Crippen LogP contribution in [0.3, 0.4) is 0 Å². The van der Waals surface area contributed by atoms with Gasteiger partial charge in [0, 0.05) is 57.1 Å². The number of anilines is 1. The molecule has 3 heterocycles. The Morgan fingerprint density at radius 3 is 2.28 bits per heavy atom. The Morgan fingerprint density at radius 1 is 1.07 bits per heavy atom. The van der Waals surface area contributed by atoms with Crippen LogP contribution < -0.4 is 4.90 Å². The van der Waals surface area contributed by atoms with E-state index < -0.39 is 17.5 Å². The molecule has 1 aromatic rings. The minimum Gasteiger partial charge on any atom is -0.351 e. The van der Waals surface area contributed by atoms with E-state index in [0.717, 1.165) is 0 Å². The van der Waals surface area contributed by atoms with Crippen LogP contribution in [0, 0.1) is 11.3 Å². The number of alkyl halides is 3. The van der Waals surface area contributed by atoms with Crippen LogP contribution in [0.1, 0.15) is 23.3 Å². The molecular weight excluding hydrogens is 387 g/mol. The molecule has 0 bridgehead atoms. The van der Waals surface area contributed by atoms with Crippen LogP contribution in [0.4, 0.5) is 19.0 Å². The quantitative estimate of drug-likeness (QED) is 0.712. The van der Waals surface area contributed by atoms with E-state index in [2.05, 4.69) is 16.5 Å². The number of hydrogen-bond acceptors (Lipinski definition) is 5. The van der Waals surface area contributed by atoms with Gasteiger partial charge in [-0.25, -0.2) is 9.97 Å². The Balaban J connectivity index is 1.39. The van der Waals surface area contributed by atoms with Crippen LogP contribution in [-0.4, -0.2) is 77.0 Å². The van der Waals surface area contributed by atoms with Gasteiger partial charge in [0.05, 0.1) is 5.92 Å². The topological polar surface area (TPSA) is 69.6 Å². The predicted molar refractivity (Wildman–Crippen MR) is 98.1 cm³/mol. The molecule has 0 N–H and O–H groups in total. The molecule has 1 aromatic heterocycles. The summed E-state index contributed by atoms with van der Waals surface area (Å²) in [6, 6.07) is 0. The highest BCUT2D eigenvalue weighted by atomic mass is 19.4. The second-order valence-corrected chi connectivity index (χ2v) is 8.05. The van der Waals surface area contributed by atoms with E-state index in [4.69, 9.17) is 0 Å². The normalized spacial score (nSPS) is 21.6. The summed E-state index contributed by atoms with van der Waals surface area (Å²) in [6.07, 6.45) is 0.247. The number of carbonyl (C=O) groups excluding carboxylic acids is 2. The van der Waals surface area contributed by atoms with E-state index >= 15 is 0 Å².